The Morgan fingerprint density at radius 3 is 1.52 bits per heavy atom. The predicted octanol–water partition coefficient (Wildman–Crippen LogP) is 10.6. The van der Waals surface area contributed by atoms with Crippen LogP contribution in [0.3, 0.4) is 0 Å². The zero-order valence-corrected chi connectivity index (χ0v) is 69.8. The van der Waals surface area contributed by atoms with Crippen LogP contribution in [0, 0.1) is 5.92 Å². The van der Waals surface area contributed by atoms with E-state index >= 15 is 4.79 Å². The molecule has 1 aliphatic heterocycles. The van der Waals surface area contributed by atoms with E-state index < -0.39 is 41.8 Å². The number of nitrogens with zero attached hydrogens (tertiary/aromatic N) is 2. The van der Waals surface area contributed by atoms with E-state index in [0.717, 1.165) is 33.4 Å². The van der Waals surface area contributed by atoms with Crippen LogP contribution in [0.25, 0.3) is 0 Å². The maximum Gasteiger partial charge on any atom is 0.407 e. The van der Waals surface area contributed by atoms with Gasteiger partial charge in [-0.15, -0.1) is 0 Å². The molecule has 4 aliphatic rings. The summed E-state index contributed by atoms with van der Waals surface area (Å²) < 4.78 is 62.5. The summed E-state index contributed by atoms with van der Waals surface area (Å²) >= 11 is 0. The molecule has 3 unspecified atom stereocenters. The summed E-state index contributed by atoms with van der Waals surface area (Å²) in [7, 11) is 1.62. The van der Waals surface area contributed by atoms with Gasteiger partial charge < -0.3 is 84.4 Å². The largest absolute Gasteiger partial charge is 0.490 e. The molecule has 0 aromatic heterocycles. The molecule has 0 saturated carbocycles. The van der Waals surface area contributed by atoms with Gasteiger partial charge in [-0.2, -0.15) is 0 Å². The first-order valence-electron chi connectivity index (χ1n) is 41.9. The quantitative estimate of drug-likeness (QED) is 0.0132. The van der Waals surface area contributed by atoms with E-state index in [1.54, 1.807) is 7.11 Å². The van der Waals surface area contributed by atoms with Gasteiger partial charge in [-0.3, -0.25) is 39.1 Å². The minimum Gasteiger partial charge on any atom is -0.490 e. The van der Waals surface area contributed by atoms with Crippen molar-refractivity contribution in [3.8, 4) is 0 Å². The molecular weight excluding hydrogens is 1530 g/mol. The number of nitrogens with one attached hydrogen (secondary N) is 7. The number of methoxy groups -OCH3 is 1. The van der Waals surface area contributed by atoms with Gasteiger partial charge in [0.25, 0.3) is 23.6 Å². The summed E-state index contributed by atoms with van der Waals surface area (Å²) in [5, 5.41) is 34.5. The van der Waals surface area contributed by atoms with Gasteiger partial charge in [-0.25, -0.2) is 4.79 Å². The summed E-state index contributed by atoms with van der Waals surface area (Å²) in [5.41, 5.74) is 9.37. The lowest BCUT2D eigenvalue weighted by molar-refractivity contribution is -0.133. The third-order valence-electron chi connectivity index (χ3n) is 20.4. The van der Waals surface area contributed by atoms with Crippen LogP contribution in [0.1, 0.15) is 112 Å². The molecule has 4 bridgehead atoms. The maximum atomic E-state index is 15.2. The molecule has 642 valence electrons. The number of amides is 6. The molecule has 8 N–H and O–H groups in total. The number of ether oxygens (including phenoxy) is 10. The third kappa shape index (κ3) is 31.0. The summed E-state index contributed by atoms with van der Waals surface area (Å²) in [4.78, 5) is 91.1. The Labute approximate surface area is 705 Å². The topological polar surface area (TPSA) is 306 Å². The molecule has 6 aromatic carbocycles. The van der Waals surface area contributed by atoms with Gasteiger partial charge in [0.05, 0.1) is 67.9 Å². The Hall–Kier alpha value is -10.9. The SMILES string of the molecule is COCCOCCOCCN1CCNC(=O)C2=C(OCc3ccccc3)C(OCc3ccccc3)=C(CC2)C(O)NCCN(CCNC(=O)C2=C=C(OCc3ccccc3)C(OCc3ccccc3)=C(C(=O)NCCCCCNC(=O)OC(C)(C)C)CC2)CCNC(=O)C2=C(OCc3ccccc3)C(OCc3ccccc3)C(CC2)C(=O)NCC1. The standard InChI is InChI=1S/C94H119N9O17/c1-94(2,3)120-93(110)101-45-25-11-24-44-95-88(105)76-39-38-75(62-81(114-63-69-26-12-5-13-27-69)82(76)115-64-70-28-14-6-15-29-70)87(104)96-46-51-102-52-47-97-89(106)77-40-42-79(85(118-67-73-34-20-9-21-35-73)83(77)116-65-71-30-16-7-17-31-71)91(108)99-49-54-103(56-57-112-60-61-113-59-58-111-4)55-50-100-92(109)80-43-41-78(90(107)98-48-53-102)84(117-66-72-32-18-8-19-33-72)86(80)119-68-74-36-22-10-23-37-74/h5-10,12-23,26-37,79,85,90,98,107H,11,24-25,38-61,63-68H2,1-4H3,(H,95,105)(H,96,104)(H,97,106)(H,99,108)(H,100,109)(H,101,110). The first-order valence-corrected chi connectivity index (χ1v) is 41.9. The number of carbonyl (C=O) groups excluding carboxylic acids is 6. The van der Waals surface area contributed by atoms with Crippen molar-refractivity contribution < 1.29 is 81.2 Å². The number of rotatable bonds is 38. The number of aliphatic hydroxyl groups excluding tert-OH is 1. The summed E-state index contributed by atoms with van der Waals surface area (Å²) in [6, 6.07) is 57.5. The molecule has 120 heavy (non-hydrogen) atoms. The van der Waals surface area contributed by atoms with E-state index in [-0.39, 0.29) is 188 Å². The van der Waals surface area contributed by atoms with Gasteiger partial charge in [0, 0.05) is 97.8 Å². The Bertz CT molecular complexity index is 4400. The number of fused-ring (bicyclic) bond motifs is 3. The monoisotopic (exact) mass is 1650 g/mol. The second-order valence-corrected chi connectivity index (χ2v) is 30.5. The second kappa shape index (κ2) is 50.2. The van der Waals surface area contributed by atoms with Gasteiger partial charge in [0.2, 0.25) is 11.7 Å². The number of carbonyl (C=O) groups is 6. The molecule has 6 aromatic rings. The van der Waals surface area contributed by atoms with Gasteiger partial charge in [0.1, 0.15) is 56.7 Å². The van der Waals surface area contributed by atoms with Crippen molar-refractivity contribution in [3.63, 3.8) is 0 Å². The van der Waals surface area contributed by atoms with Crippen LogP contribution in [0.2, 0.25) is 0 Å². The molecule has 0 radical (unpaired) electrons. The van der Waals surface area contributed by atoms with E-state index in [9.17, 15) is 29.1 Å². The van der Waals surface area contributed by atoms with Gasteiger partial charge in [-0.05, 0) is 112 Å². The lowest BCUT2D eigenvalue weighted by Gasteiger charge is -2.34. The molecule has 0 spiro atoms. The molecule has 0 fully saturated rings. The van der Waals surface area contributed by atoms with Crippen LogP contribution in [0.5, 0.6) is 0 Å². The molecule has 26 nitrogen and oxygen atoms in total. The lowest BCUT2D eigenvalue weighted by Crippen LogP contribution is -2.47. The first kappa shape index (κ1) is 91.4. The van der Waals surface area contributed by atoms with E-state index in [1.807, 2.05) is 203 Å². The van der Waals surface area contributed by atoms with Crippen molar-refractivity contribution in [1.82, 2.24) is 47.0 Å². The zero-order chi connectivity index (χ0) is 84.4. The molecule has 1 heterocycles. The van der Waals surface area contributed by atoms with Crippen molar-refractivity contribution in [1.29, 1.82) is 0 Å². The van der Waals surface area contributed by atoms with Crippen LogP contribution < -0.4 is 37.2 Å². The normalized spacial score (nSPS) is 17.8. The van der Waals surface area contributed by atoms with E-state index in [1.165, 1.54) is 0 Å². The fourth-order valence-electron chi connectivity index (χ4n) is 14.0. The molecule has 6 amide bonds. The Morgan fingerprint density at radius 1 is 0.475 bits per heavy atom. The Balaban J connectivity index is 0.952. The number of hydrogen-bond donors (Lipinski definition) is 8. The highest BCUT2D eigenvalue weighted by Gasteiger charge is 2.41. The van der Waals surface area contributed by atoms with Crippen LogP contribution in [0.4, 0.5) is 4.79 Å². The highest BCUT2D eigenvalue weighted by molar-refractivity contribution is 5.97. The number of unbranched alkanes of at least 4 members (excludes halogenated alkanes) is 2. The van der Waals surface area contributed by atoms with Crippen molar-refractivity contribution >= 4 is 35.6 Å². The smallest absolute Gasteiger partial charge is 0.407 e. The maximum absolute atomic E-state index is 15.2. The molecule has 10 rings (SSSR count). The van der Waals surface area contributed by atoms with E-state index in [0.29, 0.717) is 102 Å². The highest BCUT2D eigenvalue weighted by atomic mass is 16.6. The first-order chi connectivity index (χ1) is 58.5. The second-order valence-electron chi connectivity index (χ2n) is 30.5. The van der Waals surface area contributed by atoms with Crippen LogP contribution in [0.15, 0.2) is 244 Å². The highest BCUT2D eigenvalue weighted by Crippen LogP contribution is 2.38. The fourth-order valence-corrected chi connectivity index (χ4v) is 14.0. The lowest BCUT2D eigenvalue weighted by atomic mass is 9.84. The molecule has 3 aliphatic carbocycles. The minimum atomic E-state index is -1.31. The minimum absolute atomic E-state index is 0.0684. The van der Waals surface area contributed by atoms with Crippen molar-refractivity contribution in [3.05, 3.63) is 278 Å². The predicted molar refractivity (Wildman–Crippen MR) is 455 cm³/mol. The summed E-state index contributed by atoms with van der Waals surface area (Å²) in [5.74, 6) is -1.77. The summed E-state index contributed by atoms with van der Waals surface area (Å²) in [6.45, 7) is 11.4. The Kier molecular flexibility index (Phi) is 38.3. The van der Waals surface area contributed by atoms with Gasteiger partial charge in [0.15, 0.2) is 17.3 Å². The summed E-state index contributed by atoms with van der Waals surface area (Å²) in [6.07, 6.45) is 0.216. The molecule has 26 heteroatoms. The molecule has 0 saturated heterocycles. The van der Waals surface area contributed by atoms with Gasteiger partial charge >= 0.3 is 6.09 Å². The van der Waals surface area contributed by atoms with Crippen LogP contribution in [-0.2, 0) is 111 Å². The van der Waals surface area contributed by atoms with Crippen molar-refractivity contribution in [2.75, 3.05) is 125 Å². The van der Waals surface area contributed by atoms with Gasteiger partial charge in [-0.1, -0.05) is 188 Å². The van der Waals surface area contributed by atoms with E-state index in [4.69, 9.17) is 47.4 Å². The fraction of sp³-hybridized carbons (Fsp3) is 0.436. The third-order valence-corrected chi connectivity index (χ3v) is 20.4. The van der Waals surface area contributed by atoms with Crippen molar-refractivity contribution in [2.45, 2.75) is 136 Å². The van der Waals surface area contributed by atoms with Crippen LogP contribution in [-0.4, -0.2) is 194 Å². The average Bonchev–Trinajstić information content (AvgIpc) is 0.940. The van der Waals surface area contributed by atoms with E-state index in [2.05, 4.69) is 52.7 Å². The zero-order valence-electron chi connectivity index (χ0n) is 69.8. The van der Waals surface area contributed by atoms with Crippen molar-refractivity contribution in [2.24, 2.45) is 5.92 Å². The number of alkyl carbamates (subject to hydrolysis) is 1. The average molecular weight is 1650 g/mol. The molecular formula is C94H119N9O17. The van der Waals surface area contributed by atoms with Crippen LogP contribution >= 0.6 is 0 Å². The molecule has 3 atom stereocenters. The number of aliphatic hydroxyl groups is 1. The Morgan fingerprint density at radius 2 is 0.950 bits per heavy atom. The number of hydrogen-bond acceptors (Lipinski definition) is 20. The number of benzene rings is 6.